The fraction of sp³-hybridized carbons (Fsp3) is 0.667. The van der Waals surface area contributed by atoms with Gasteiger partial charge in [0.15, 0.2) is 6.10 Å². The fourth-order valence-corrected chi connectivity index (χ4v) is 1.44. The summed E-state index contributed by atoms with van der Waals surface area (Å²) in [5.41, 5.74) is 0. The molecule has 3 atom stereocenters. The molecule has 1 unspecified atom stereocenters. The lowest BCUT2D eigenvalue weighted by Crippen LogP contribution is -2.37. The molecule has 1 aliphatic rings. The number of aliphatic hydroxyl groups is 2. The summed E-state index contributed by atoms with van der Waals surface area (Å²) in [4.78, 5) is 39.2. The first-order chi connectivity index (χ1) is 6.97. The Morgan fingerprint density at radius 1 is 1.47 bits per heavy atom. The quantitative estimate of drug-likeness (QED) is 0.239. The van der Waals surface area contributed by atoms with Crippen LogP contribution < -0.4 is 0 Å². The second-order valence-electron chi connectivity index (χ2n) is 2.75. The molecule has 1 heterocycles. The Morgan fingerprint density at radius 3 is 2.53 bits per heavy atom. The van der Waals surface area contributed by atoms with Gasteiger partial charge in [0.25, 0.3) is 0 Å². The number of rotatable bonds is 4. The van der Waals surface area contributed by atoms with Crippen molar-refractivity contribution < 1.29 is 38.8 Å². The molecule has 0 saturated carbocycles. The Kier molecular flexibility index (Phi) is 4.09. The predicted octanol–water partition coefficient (Wildman–Crippen LogP) is -2.57. The molecule has 0 aromatic rings. The van der Waals surface area contributed by atoms with Gasteiger partial charge in [0.2, 0.25) is 11.9 Å². The van der Waals surface area contributed by atoms with Gasteiger partial charge in [-0.15, -0.1) is 0 Å². The van der Waals surface area contributed by atoms with E-state index >= 15 is 0 Å². The van der Waals surface area contributed by atoms with E-state index in [1.165, 1.54) is 0 Å². The lowest BCUT2D eigenvalue weighted by molar-refractivity contribution is -0.151. The van der Waals surface area contributed by atoms with Crippen molar-refractivity contribution in [3.63, 3.8) is 0 Å². The molecule has 8 nitrogen and oxygen atoms in total. The molecule has 0 aliphatic carbocycles. The van der Waals surface area contributed by atoms with E-state index in [0.29, 0.717) is 0 Å². The average molecular weight is 240 g/mol. The lowest BCUT2D eigenvalue weighted by atomic mass is 10.1. The Balaban J connectivity index is 2.70. The molecule has 0 amide bonds. The third kappa shape index (κ3) is 2.69. The average Bonchev–Trinajstić information content (AvgIpc) is 2.44. The molecular formula is C6H9O8P. The number of aliphatic hydroxyl groups excluding tert-OH is 2. The number of carbonyl (C=O) groups excluding carboxylic acids is 2. The van der Waals surface area contributed by atoms with Crippen molar-refractivity contribution in [3.05, 3.63) is 0 Å². The normalized spacial score (nSPS) is 28.3. The van der Waals surface area contributed by atoms with Crippen molar-refractivity contribution >= 4 is 20.4 Å². The third-order valence-electron chi connectivity index (χ3n) is 1.73. The minimum absolute atomic E-state index is 0.760. The van der Waals surface area contributed by atoms with E-state index in [1.807, 2.05) is 0 Å². The van der Waals surface area contributed by atoms with E-state index in [0.717, 1.165) is 0 Å². The zero-order chi connectivity index (χ0) is 11.6. The van der Waals surface area contributed by atoms with Gasteiger partial charge in [-0.2, -0.15) is 0 Å². The zero-order valence-electron chi connectivity index (χ0n) is 7.31. The highest BCUT2D eigenvalue weighted by Gasteiger charge is 2.48. The van der Waals surface area contributed by atoms with Crippen LogP contribution in [0.3, 0.4) is 0 Å². The van der Waals surface area contributed by atoms with Gasteiger partial charge in [0.1, 0.15) is 6.10 Å². The SMILES string of the molecule is O=C1O[C@H]([C@@H](O)CO)C(=O)C1OP(O)O. The van der Waals surface area contributed by atoms with Gasteiger partial charge in [-0.05, 0) is 0 Å². The first kappa shape index (κ1) is 12.4. The number of hydrogen-bond donors (Lipinski definition) is 4. The summed E-state index contributed by atoms with van der Waals surface area (Å²) in [6, 6.07) is 0. The van der Waals surface area contributed by atoms with Gasteiger partial charge in [0.05, 0.1) is 6.61 Å². The maximum absolute atomic E-state index is 11.3. The van der Waals surface area contributed by atoms with Crippen LogP contribution in [0, 0.1) is 0 Å². The smallest absolute Gasteiger partial charge is 0.344 e. The van der Waals surface area contributed by atoms with Crippen molar-refractivity contribution in [1.82, 2.24) is 0 Å². The molecule has 0 radical (unpaired) electrons. The highest BCUT2D eigenvalue weighted by Crippen LogP contribution is 2.31. The molecule has 1 rings (SSSR count). The molecule has 15 heavy (non-hydrogen) atoms. The number of ether oxygens (including phenoxy) is 1. The van der Waals surface area contributed by atoms with Crippen molar-refractivity contribution in [2.75, 3.05) is 6.61 Å². The van der Waals surface area contributed by atoms with E-state index in [4.69, 9.17) is 20.0 Å². The highest BCUT2D eigenvalue weighted by atomic mass is 31.2. The molecule has 1 saturated heterocycles. The van der Waals surface area contributed by atoms with E-state index in [-0.39, 0.29) is 0 Å². The first-order valence-corrected chi connectivity index (χ1v) is 5.01. The largest absolute Gasteiger partial charge is 0.449 e. The summed E-state index contributed by atoms with van der Waals surface area (Å²) in [5, 5.41) is 17.6. The van der Waals surface area contributed by atoms with Gasteiger partial charge >= 0.3 is 14.6 Å². The monoisotopic (exact) mass is 240 g/mol. The second-order valence-corrected chi connectivity index (χ2v) is 3.46. The number of esters is 1. The van der Waals surface area contributed by atoms with Crippen molar-refractivity contribution in [3.8, 4) is 0 Å². The summed E-state index contributed by atoms with van der Waals surface area (Å²) in [6.45, 7) is -0.760. The summed E-state index contributed by atoms with van der Waals surface area (Å²) >= 11 is 0. The minimum Gasteiger partial charge on any atom is -0.449 e. The number of hydrogen-bond acceptors (Lipinski definition) is 8. The van der Waals surface area contributed by atoms with E-state index < -0.39 is 45.3 Å². The first-order valence-electron chi connectivity index (χ1n) is 3.85. The van der Waals surface area contributed by atoms with Crippen LogP contribution in [0.1, 0.15) is 0 Å². The number of carbonyl (C=O) groups is 2. The van der Waals surface area contributed by atoms with Crippen molar-refractivity contribution in [2.24, 2.45) is 0 Å². The lowest BCUT2D eigenvalue weighted by Gasteiger charge is -2.12. The van der Waals surface area contributed by atoms with Gasteiger partial charge in [-0.25, -0.2) is 4.79 Å². The number of ketones is 1. The summed E-state index contributed by atoms with van der Waals surface area (Å²) in [6.07, 6.45) is -4.82. The van der Waals surface area contributed by atoms with Crippen LogP contribution in [-0.4, -0.2) is 56.7 Å². The van der Waals surface area contributed by atoms with Crippen LogP contribution in [0.2, 0.25) is 0 Å². The predicted molar refractivity (Wildman–Crippen MR) is 44.2 cm³/mol. The van der Waals surface area contributed by atoms with Crippen molar-refractivity contribution in [1.29, 1.82) is 0 Å². The van der Waals surface area contributed by atoms with E-state index in [9.17, 15) is 9.59 Å². The van der Waals surface area contributed by atoms with Gasteiger partial charge in [-0.1, -0.05) is 0 Å². The summed E-state index contributed by atoms with van der Waals surface area (Å²) in [7, 11) is -2.87. The summed E-state index contributed by atoms with van der Waals surface area (Å²) in [5.74, 6) is -2.06. The molecule has 1 aliphatic heterocycles. The van der Waals surface area contributed by atoms with Crippen LogP contribution in [-0.2, 0) is 18.8 Å². The Bertz CT molecular complexity index is 266. The van der Waals surface area contributed by atoms with Crippen LogP contribution in [0.4, 0.5) is 0 Å². The second kappa shape index (κ2) is 4.93. The Morgan fingerprint density at radius 2 is 2.07 bits per heavy atom. The fourth-order valence-electron chi connectivity index (χ4n) is 1.06. The van der Waals surface area contributed by atoms with E-state index in [2.05, 4.69) is 9.26 Å². The van der Waals surface area contributed by atoms with Gasteiger partial charge < -0.3 is 24.7 Å². The van der Waals surface area contributed by atoms with Crippen LogP contribution in [0.25, 0.3) is 0 Å². The van der Waals surface area contributed by atoms with Crippen molar-refractivity contribution in [2.45, 2.75) is 18.3 Å². The summed E-state index contributed by atoms with van der Waals surface area (Å²) < 4.78 is 8.62. The van der Waals surface area contributed by atoms with Crippen LogP contribution >= 0.6 is 8.60 Å². The van der Waals surface area contributed by atoms with Crippen LogP contribution in [0.15, 0.2) is 0 Å². The van der Waals surface area contributed by atoms with Gasteiger partial charge in [0, 0.05) is 0 Å². The highest BCUT2D eigenvalue weighted by molar-refractivity contribution is 7.39. The van der Waals surface area contributed by atoms with Crippen LogP contribution in [0.5, 0.6) is 0 Å². The standard InChI is InChI=1S/C6H9O8P/c7-1-2(8)4-3(9)5(6(10)13-4)14-15(11)12/h2,4-5,7-8,11-12H,1H2/t2-,4+,5?/m0/s1. The topological polar surface area (TPSA) is 134 Å². The number of Topliss-reactive ketones (excluding diaryl/α,β-unsaturated/α-hetero) is 1. The van der Waals surface area contributed by atoms with Gasteiger partial charge in [-0.3, -0.25) is 9.32 Å². The molecule has 4 N–H and O–H groups in total. The molecule has 9 heteroatoms. The van der Waals surface area contributed by atoms with E-state index in [1.54, 1.807) is 0 Å². The molecule has 0 aromatic heterocycles. The zero-order valence-corrected chi connectivity index (χ0v) is 8.20. The third-order valence-corrected chi connectivity index (χ3v) is 2.13. The molecule has 0 spiro atoms. The number of cyclic esters (lactones) is 1. The molecule has 86 valence electrons. The molecular weight excluding hydrogens is 231 g/mol. The Hall–Kier alpha value is -0.630. The Labute approximate surface area is 85.0 Å². The molecule has 0 bridgehead atoms. The minimum atomic E-state index is -2.87. The molecule has 1 fully saturated rings. The maximum Gasteiger partial charge on any atom is 0.344 e. The molecule has 0 aromatic carbocycles. The maximum atomic E-state index is 11.3.